The normalized spacial score (nSPS) is 12.1. The van der Waals surface area contributed by atoms with E-state index in [1.807, 2.05) is 30.3 Å². The van der Waals surface area contributed by atoms with Gasteiger partial charge in [-0.25, -0.2) is 9.78 Å². The van der Waals surface area contributed by atoms with E-state index < -0.39 is 6.09 Å². The number of amides is 1. The second kappa shape index (κ2) is 7.47. The molecule has 0 saturated carbocycles. The third-order valence-electron chi connectivity index (χ3n) is 3.29. The Balaban J connectivity index is 1.83. The van der Waals surface area contributed by atoms with Crippen molar-refractivity contribution in [2.45, 2.75) is 32.9 Å². The summed E-state index contributed by atoms with van der Waals surface area (Å²) < 4.78 is 5.25. The molecule has 0 aliphatic heterocycles. The second-order valence-electron chi connectivity index (χ2n) is 5.30. The highest BCUT2D eigenvalue weighted by Gasteiger charge is 2.18. The van der Waals surface area contributed by atoms with Gasteiger partial charge in [-0.2, -0.15) is 0 Å². The molecule has 0 radical (unpaired) electrons. The van der Waals surface area contributed by atoms with E-state index in [2.05, 4.69) is 29.1 Å². The average molecular weight is 287 g/mol. The van der Waals surface area contributed by atoms with E-state index in [0.717, 1.165) is 11.4 Å². The lowest BCUT2D eigenvalue weighted by atomic mass is 10.0. The molecule has 0 aliphatic rings. The number of carbonyl (C=O) groups excluding carboxylic acids is 1. The molecule has 0 fully saturated rings. The lowest BCUT2D eigenvalue weighted by Gasteiger charge is -2.21. The van der Waals surface area contributed by atoms with Gasteiger partial charge in [0.05, 0.1) is 0 Å². The van der Waals surface area contributed by atoms with E-state index in [-0.39, 0.29) is 12.6 Å². The number of nitrogens with one attached hydrogen (secondary N) is 2. The van der Waals surface area contributed by atoms with Crippen molar-refractivity contribution in [3.63, 3.8) is 0 Å². The van der Waals surface area contributed by atoms with Crippen molar-refractivity contribution in [1.29, 1.82) is 0 Å². The molecule has 2 rings (SSSR count). The molecule has 1 aromatic heterocycles. The quantitative estimate of drug-likeness (QED) is 0.858. The summed E-state index contributed by atoms with van der Waals surface area (Å²) in [4.78, 5) is 19.1. The number of aromatic amines is 1. The van der Waals surface area contributed by atoms with Crippen LogP contribution in [0, 0.1) is 5.92 Å². The molecule has 5 heteroatoms. The fraction of sp³-hybridized carbons (Fsp3) is 0.375. The molecule has 0 bridgehead atoms. The Labute approximate surface area is 124 Å². The highest BCUT2D eigenvalue weighted by atomic mass is 16.5. The van der Waals surface area contributed by atoms with Crippen LogP contribution >= 0.6 is 0 Å². The maximum absolute atomic E-state index is 11.9. The number of H-pyrrole nitrogens is 1. The van der Waals surface area contributed by atoms with E-state index >= 15 is 0 Å². The van der Waals surface area contributed by atoms with Crippen LogP contribution in [-0.4, -0.2) is 22.1 Å². The van der Waals surface area contributed by atoms with Crippen LogP contribution < -0.4 is 5.32 Å². The number of imidazole rings is 1. The van der Waals surface area contributed by atoms with Gasteiger partial charge in [0.1, 0.15) is 12.4 Å². The first-order valence-electron chi connectivity index (χ1n) is 7.10. The summed E-state index contributed by atoms with van der Waals surface area (Å²) in [5, 5.41) is 2.90. The first-order chi connectivity index (χ1) is 10.1. The molecule has 1 amide bonds. The van der Waals surface area contributed by atoms with Crippen LogP contribution in [0.5, 0.6) is 0 Å². The summed E-state index contributed by atoms with van der Waals surface area (Å²) in [6, 6.07) is 9.61. The Morgan fingerprint density at radius 3 is 2.71 bits per heavy atom. The first-order valence-corrected chi connectivity index (χ1v) is 7.10. The number of carbonyl (C=O) groups is 1. The van der Waals surface area contributed by atoms with Gasteiger partial charge in [-0.3, -0.25) is 0 Å². The number of alkyl carbamates (subject to hydrolysis) is 1. The van der Waals surface area contributed by atoms with Crippen molar-refractivity contribution < 1.29 is 9.53 Å². The lowest BCUT2D eigenvalue weighted by molar-refractivity contribution is 0.132. The number of benzene rings is 1. The minimum atomic E-state index is -0.399. The molecule has 1 heterocycles. The number of ether oxygens (including phenoxy) is 1. The molecule has 2 N–H and O–H groups in total. The van der Waals surface area contributed by atoms with Gasteiger partial charge in [-0.1, -0.05) is 44.2 Å². The van der Waals surface area contributed by atoms with Crippen molar-refractivity contribution in [1.82, 2.24) is 15.3 Å². The Hall–Kier alpha value is -2.30. The SMILES string of the molecule is CC(C)C(Cc1ncc[nH]1)NC(=O)OCc1ccccc1. The van der Waals surface area contributed by atoms with Crippen LogP contribution in [0.25, 0.3) is 0 Å². The number of hydrogen-bond donors (Lipinski definition) is 2. The van der Waals surface area contributed by atoms with Gasteiger partial charge < -0.3 is 15.0 Å². The summed E-state index contributed by atoms with van der Waals surface area (Å²) in [6.45, 7) is 4.40. The maximum Gasteiger partial charge on any atom is 0.407 e. The smallest absolute Gasteiger partial charge is 0.407 e. The Morgan fingerprint density at radius 1 is 1.33 bits per heavy atom. The van der Waals surface area contributed by atoms with Gasteiger partial charge in [-0.05, 0) is 11.5 Å². The second-order valence-corrected chi connectivity index (χ2v) is 5.30. The van der Waals surface area contributed by atoms with E-state index in [1.165, 1.54) is 0 Å². The fourth-order valence-corrected chi connectivity index (χ4v) is 1.99. The predicted octanol–water partition coefficient (Wildman–Crippen LogP) is 2.90. The molecular formula is C16H21N3O2. The fourth-order valence-electron chi connectivity index (χ4n) is 1.99. The van der Waals surface area contributed by atoms with Crippen molar-refractivity contribution in [3.8, 4) is 0 Å². The van der Waals surface area contributed by atoms with Crippen molar-refractivity contribution in [2.24, 2.45) is 5.92 Å². The van der Waals surface area contributed by atoms with Crippen LogP contribution in [-0.2, 0) is 17.8 Å². The van der Waals surface area contributed by atoms with Crippen LogP contribution in [0.3, 0.4) is 0 Å². The standard InChI is InChI=1S/C16H21N3O2/c1-12(2)14(10-15-17-8-9-18-15)19-16(20)21-11-13-6-4-3-5-7-13/h3-9,12,14H,10-11H2,1-2H3,(H,17,18)(H,19,20). The third kappa shape index (κ3) is 4.95. The number of nitrogens with zero attached hydrogens (tertiary/aromatic N) is 1. The molecule has 0 saturated heterocycles. The molecule has 5 nitrogen and oxygen atoms in total. The molecule has 0 aliphatic carbocycles. The number of rotatable bonds is 6. The van der Waals surface area contributed by atoms with Gasteiger partial charge in [0, 0.05) is 24.9 Å². The minimum absolute atomic E-state index is 0.0144. The molecule has 0 spiro atoms. The highest BCUT2D eigenvalue weighted by molar-refractivity contribution is 5.67. The number of aromatic nitrogens is 2. The zero-order valence-corrected chi connectivity index (χ0v) is 12.4. The zero-order valence-electron chi connectivity index (χ0n) is 12.4. The predicted molar refractivity (Wildman–Crippen MR) is 80.7 cm³/mol. The van der Waals surface area contributed by atoms with Crippen molar-refractivity contribution in [3.05, 3.63) is 54.1 Å². The first kappa shape index (κ1) is 15.1. The summed E-state index contributed by atoms with van der Waals surface area (Å²) >= 11 is 0. The summed E-state index contributed by atoms with van der Waals surface area (Å²) in [7, 11) is 0. The van der Waals surface area contributed by atoms with E-state index in [1.54, 1.807) is 12.4 Å². The zero-order chi connectivity index (χ0) is 15.1. The number of hydrogen-bond acceptors (Lipinski definition) is 3. The Morgan fingerprint density at radius 2 is 2.10 bits per heavy atom. The van der Waals surface area contributed by atoms with Crippen LogP contribution in [0.1, 0.15) is 25.2 Å². The lowest BCUT2D eigenvalue weighted by Crippen LogP contribution is -2.40. The summed E-state index contributed by atoms with van der Waals surface area (Å²) in [5.41, 5.74) is 0.972. The molecule has 21 heavy (non-hydrogen) atoms. The van der Waals surface area contributed by atoms with Gasteiger partial charge >= 0.3 is 6.09 Å². The van der Waals surface area contributed by atoms with E-state index in [4.69, 9.17) is 4.74 Å². The molecule has 2 aromatic rings. The topological polar surface area (TPSA) is 67.0 Å². The average Bonchev–Trinajstić information content (AvgIpc) is 2.98. The summed E-state index contributed by atoms with van der Waals surface area (Å²) in [5.74, 6) is 1.15. The van der Waals surface area contributed by atoms with E-state index in [0.29, 0.717) is 12.3 Å². The molecular weight excluding hydrogens is 266 g/mol. The Kier molecular flexibility index (Phi) is 5.37. The summed E-state index contributed by atoms with van der Waals surface area (Å²) in [6.07, 6.45) is 3.75. The highest BCUT2D eigenvalue weighted by Crippen LogP contribution is 2.08. The van der Waals surface area contributed by atoms with Crippen molar-refractivity contribution in [2.75, 3.05) is 0 Å². The minimum Gasteiger partial charge on any atom is -0.445 e. The molecule has 1 aromatic carbocycles. The maximum atomic E-state index is 11.9. The van der Waals surface area contributed by atoms with Crippen molar-refractivity contribution >= 4 is 6.09 Å². The van der Waals surface area contributed by atoms with Crippen LogP contribution in [0.2, 0.25) is 0 Å². The monoisotopic (exact) mass is 287 g/mol. The molecule has 112 valence electrons. The van der Waals surface area contributed by atoms with Gasteiger partial charge in [-0.15, -0.1) is 0 Å². The van der Waals surface area contributed by atoms with E-state index in [9.17, 15) is 4.79 Å². The van der Waals surface area contributed by atoms with Gasteiger partial charge in [0.15, 0.2) is 0 Å². The van der Waals surface area contributed by atoms with Gasteiger partial charge in [0.25, 0.3) is 0 Å². The van der Waals surface area contributed by atoms with Crippen LogP contribution in [0.4, 0.5) is 4.79 Å². The van der Waals surface area contributed by atoms with Gasteiger partial charge in [0.2, 0.25) is 0 Å². The molecule has 1 atom stereocenters. The Bertz CT molecular complexity index is 538. The third-order valence-corrected chi connectivity index (χ3v) is 3.29. The molecule has 1 unspecified atom stereocenters. The largest absolute Gasteiger partial charge is 0.445 e. The van der Waals surface area contributed by atoms with Crippen LogP contribution in [0.15, 0.2) is 42.7 Å².